The molecular formula is C13H16O4S. The average molecular weight is 268 g/mol. The number of aliphatic carboxylic acids is 1. The van der Waals surface area contributed by atoms with Crippen LogP contribution in [0.25, 0.3) is 0 Å². The van der Waals surface area contributed by atoms with Crippen LogP contribution in [-0.4, -0.2) is 29.4 Å². The van der Waals surface area contributed by atoms with Crippen LogP contribution in [0.2, 0.25) is 0 Å². The van der Waals surface area contributed by atoms with E-state index in [4.69, 9.17) is 9.84 Å². The molecule has 1 aromatic rings. The zero-order chi connectivity index (χ0) is 13.4. The van der Waals surface area contributed by atoms with E-state index in [1.165, 1.54) is 5.56 Å². The second-order valence-electron chi connectivity index (χ2n) is 3.78. The molecule has 1 aromatic carbocycles. The lowest BCUT2D eigenvalue weighted by molar-refractivity contribution is -0.146. The predicted octanol–water partition coefficient (Wildman–Crippen LogP) is 2.50. The van der Waals surface area contributed by atoms with Gasteiger partial charge in [-0.25, -0.2) is 0 Å². The standard InChI is InChI=1S/C13H16O4S/c1-10-2-4-11(5-3-10)18-9-7-13(16)17-8-6-12(14)15/h2-5H,6-9H2,1H3,(H,14,15). The van der Waals surface area contributed by atoms with Crippen molar-refractivity contribution in [2.24, 2.45) is 0 Å². The molecule has 0 heterocycles. The summed E-state index contributed by atoms with van der Waals surface area (Å²) in [7, 11) is 0. The normalized spacial score (nSPS) is 10.1. The van der Waals surface area contributed by atoms with Crippen LogP contribution in [0.15, 0.2) is 29.2 Å². The molecule has 0 unspecified atom stereocenters. The first-order valence-corrected chi connectivity index (χ1v) is 6.63. The highest BCUT2D eigenvalue weighted by Gasteiger charge is 2.05. The number of benzene rings is 1. The van der Waals surface area contributed by atoms with Gasteiger partial charge in [-0.15, -0.1) is 11.8 Å². The Hall–Kier alpha value is -1.49. The number of hydrogen-bond acceptors (Lipinski definition) is 4. The molecule has 0 bridgehead atoms. The molecule has 18 heavy (non-hydrogen) atoms. The zero-order valence-corrected chi connectivity index (χ0v) is 11.0. The molecule has 98 valence electrons. The SMILES string of the molecule is Cc1ccc(SCCC(=O)OCCC(=O)O)cc1. The van der Waals surface area contributed by atoms with Crippen molar-refractivity contribution in [3.8, 4) is 0 Å². The smallest absolute Gasteiger partial charge is 0.306 e. The topological polar surface area (TPSA) is 63.6 Å². The Kier molecular flexibility index (Phi) is 6.28. The van der Waals surface area contributed by atoms with Gasteiger partial charge in [-0.1, -0.05) is 17.7 Å². The number of hydrogen-bond donors (Lipinski definition) is 1. The molecule has 0 radical (unpaired) electrons. The Morgan fingerprint density at radius 2 is 1.89 bits per heavy atom. The highest BCUT2D eigenvalue weighted by atomic mass is 32.2. The van der Waals surface area contributed by atoms with Crippen molar-refractivity contribution in [3.05, 3.63) is 29.8 Å². The molecule has 1 N–H and O–H groups in total. The number of thioether (sulfide) groups is 1. The molecule has 0 amide bonds. The average Bonchev–Trinajstić information content (AvgIpc) is 2.31. The number of carbonyl (C=O) groups is 2. The molecule has 1 rings (SSSR count). The fourth-order valence-corrected chi connectivity index (χ4v) is 2.04. The maximum Gasteiger partial charge on any atom is 0.306 e. The van der Waals surface area contributed by atoms with E-state index < -0.39 is 5.97 Å². The van der Waals surface area contributed by atoms with Crippen LogP contribution in [-0.2, 0) is 14.3 Å². The maximum atomic E-state index is 11.2. The molecule has 0 aliphatic carbocycles. The van der Waals surface area contributed by atoms with Crippen molar-refractivity contribution >= 4 is 23.7 Å². The summed E-state index contributed by atoms with van der Waals surface area (Å²) in [5, 5.41) is 8.38. The second kappa shape index (κ2) is 7.76. The first kappa shape index (κ1) is 14.6. The van der Waals surface area contributed by atoms with E-state index in [0.717, 1.165) is 4.90 Å². The van der Waals surface area contributed by atoms with Crippen molar-refractivity contribution in [1.82, 2.24) is 0 Å². The van der Waals surface area contributed by atoms with Crippen molar-refractivity contribution in [1.29, 1.82) is 0 Å². The van der Waals surface area contributed by atoms with Crippen molar-refractivity contribution in [3.63, 3.8) is 0 Å². The Balaban J connectivity index is 2.15. The quantitative estimate of drug-likeness (QED) is 0.608. The van der Waals surface area contributed by atoms with Crippen LogP contribution < -0.4 is 0 Å². The minimum Gasteiger partial charge on any atom is -0.481 e. The lowest BCUT2D eigenvalue weighted by Gasteiger charge is -2.03. The Labute approximate surface area is 110 Å². The van der Waals surface area contributed by atoms with E-state index in [2.05, 4.69) is 0 Å². The van der Waals surface area contributed by atoms with Gasteiger partial charge in [0.2, 0.25) is 0 Å². The molecular weight excluding hydrogens is 252 g/mol. The predicted molar refractivity (Wildman–Crippen MR) is 69.7 cm³/mol. The van der Waals surface area contributed by atoms with E-state index >= 15 is 0 Å². The highest BCUT2D eigenvalue weighted by molar-refractivity contribution is 7.99. The van der Waals surface area contributed by atoms with Gasteiger partial charge in [-0.05, 0) is 19.1 Å². The van der Waals surface area contributed by atoms with Gasteiger partial charge < -0.3 is 9.84 Å². The molecule has 0 atom stereocenters. The zero-order valence-electron chi connectivity index (χ0n) is 10.2. The third-order valence-electron chi connectivity index (χ3n) is 2.17. The van der Waals surface area contributed by atoms with E-state index in [1.54, 1.807) is 11.8 Å². The number of carboxylic acids is 1. The second-order valence-corrected chi connectivity index (χ2v) is 4.94. The third-order valence-corrected chi connectivity index (χ3v) is 3.19. The van der Waals surface area contributed by atoms with E-state index in [1.807, 2.05) is 31.2 Å². The van der Waals surface area contributed by atoms with Crippen molar-refractivity contribution < 1.29 is 19.4 Å². The minimum atomic E-state index is -0.961. The highest BCUT2D eigenvalue weighted by Crippen LogP contribution is 2.19. The monoisotopic (exact) mass is 268 g/mol. The fraction of sp³-hybridized carbons (Fsp3) is 0.385. The number of aryl methyl sites for hydroxylation is 1. The Bertz CT molecular complexity index is 400. The van der Waals surface area contributed by atoms with Gasteiger partial charge in [-0.2, -0.15) is 0 Å². The molecule has 0 aromatic heterocycles. The summed E-state index contributed by atoms with van der Waals surface area (Å²) >= 11 is 1.58. The molecule has 0 spiro atoms. The molecule has 0 saturated heterocycles. The third kappa shape index (κ3) is 6.30. The first-order valence-electron chi connectivity index (χ1n) is 5.65. The number of rotatable bonds is 7. The van der Waals surface area contributed by atoms with E-state index in [-0.39, 0.29) is 25.4 Å². The van der Waals surface area contributed by atoms with Crippen LogP contribution in [0.4, 0.5) is 0 Å². The van der Waals surface area contributed by atoms with Crippen molar-refractivity contribution in [2.75, 3.05) is 12.4 Å². The van der Waals surface area contributed by atoms with Crippen LogP contribution in [0.5, 0.6) is 0 Å². The van der Waals surface area contributed by atoms with Crippen LogP contribution in [0.1, 0.15) is 18.4 Å². The summed E-state index contributed by atoms with van der Waals surface area (Å²) in [4.78, 5) is 22.6. The van der Waals surface area contributed by atoms with Gasteiger partial charge >= 0.3 is 11.9 Å². The minimum absolute atomic E-state index is 0.0522. The molecule has 4 nitrogen and oxygen atoms in total. The number of carbonyl (C=O) groups excluding carboxylic acids is 1. The molecule has 0 fully saturated rings. The lowest BCUT2D eigenvalue weighted by atomic mass is 10.2. The number of ether oxygens (including phenoxy) is 1. The van der Waals surface area contributed by atoms with Gasteiger partial charge in [-0.3, -0.25) is 9.59 Å². The van der Waals surface area contributed by atoms with E-state index in [0.29, 0.717) is 5.75 Å². The molecule has 5 heteroatoms. The molecule has 0 saturated carbocycles. The van der Waals surface area contributed by atoms with Gasteiger partial charge in [0.15, 0.2) is 0 Å². The fourth-order valence-electron chi connectivity index (χ4n) is 1.21. The largest absolute Gasteiger partial charge is 0.481 e. The van der Waals surface area contributed by atoms with Gasteiger partial charge in [0.25, 0.3) is 0 Å². The Morgan fingerprint density at radius 1 is 1.22 bits per heavy atom. The molecule has 0 aliphatic rings. The summed E-state index contributed by atoms with van der Waals surface area (Å²) in [5.74, 6) is -0.678. The van der Waals surface area contributed by atoms with E-state index in [9.17, 15) is 9.59 Å². The summed E-state index contributed by atoms with van der Waals surface area (Å²) in [6.07, 6.45) is 0.148. The van der Waals surface area contributed by atoms with Crippen LogP contribution in [0.3, 0.4) is 0 Å². The maximum absolute atomic E-state index is 11.2. The van der Waals surface area contributed by atoms with Crippen LogP contribution >= 0.6 is 11.8 Å². The number of esters is 1. The first-order chi connectivity index (χ1) is 8.58. The van der Waals surface area contributed by atoms with Gasteiger partial charge in [0.05, 0.1) is 12.8 Å². The van der Waals surface area contributed by atoms with Gasteiger partial charge in [0.1, 0.15) is 6.61 Å². The van der Waals surface area contributed by atoms with Gasteiger partial charge in [0, 0.05) is 10.6 Å². The number of carboxylic acid groups (broad SMARTS) is 1. The van der Waals surface area contributed by atoms with Crippen LogP contribution in [0, 0.1) is 6.92 Å². The van der Waals surface area contributed by atoms with Crippen molar-refractivity contribution in [2.45, 2.75) is 24.7 Å². The summed E-state index contributed by atoms with van der Waals surface area (Å²) in [6, 6.07) is 8.06. The summed E-state index contributed by atoms with van der Waals surface area (Å²) in [6.45, 7) is 1.97. The summed E-state index contributed by atoms with van der Waals surface area (Å²) < 4.78 is 4.78. The Morgan fingerprint density at radius 3 is 2.50 bits per heavy atom. The molecule has 0 aliphatic heterocycles. The lowest BCUT2D eigenvalue weighted by Crippen LogP contribution is -2.09. The summed E-state index contributed by atoms with van der Waals surface area (Å²) in [5.41, 5.74) is 1.20.